The largest absolute Gasteiger partial charge is 0.480 e. The van der Waals surface area contributed by atoms with Crippen molar-refractivity contribution in [3.63, 3.8) is 0 Å². The fraction of sp³-hybridized carbons (Fsp3) is 0.867. The van der Waals surface area contributed by atoms with Gasteiger partial charge in [0.05, 0.1) is 5.92 Å². The van der Waals surface area contributed by atoms with Gasteiger partial charge in [-0.25, -0.2) is 4.79 Å². The lowest BCUT2D eigenvalue weighted by Gasteiger charge is -2.32. The van der Waals surface area contributed by atoms with Gasteiger partial charge < -0.3 is 15.7 Å². The van der Waals surface area contributed by atoms with Gasteiger partial charge in [-0.2, -0.15) is 0 Å². The Kier molecular flexibility index (Phi) is 5.99. The molecule has 0 aromatic heterocycles. The second-order valence-corrected chi connectivity index (χ2v) is 6.93. The second-order valence-electron chi connectivity index (χ2n) is 6.93. The lowest BCUT2D eigenvalue weighted by Crippen LogP contribution is -2.49. The van der Waals surface area contributed by atoms with Crippen molar-refractivity contribution in [3.05, 3.63) is 0 Å². The molecule has 2 unspecified atom stereocenters. The first-order chi connectivity index (χ1) is 9.26. The van der Waals surface area contributed by atoms with Gasteiger partial charge >= 0.3 is 5.97 Å². The van der Waals surface area contributed by atoms with E-state index in [0.717, 1.165) is 19.3 Å². The summed E-state index contributed by atoms with van der Waals surface area (Å²) >= 11 is 0. The number of nitrogens with zero attached hydrogens (tertiary/aromatic N) is 1. The summed E-state index contributed by atoms with van der Waals surface area (Å²) in [4.78, 5) is 25.6. The second kappa shape index (κ2) is 7.07. The first kappa shape index (κ1) is 17.0. The number of carboxylic acids is 1. The molecule has 0 bridgehead atoms. The van der Waals surface area contributed by atoms with Crippen LogP contribution in [0.1, 0.15) is 52.9 Å². The number of amides is 1. The quantitative estimate of drug-likeness (QED) is 0.825. The number of rotatable bonds is 4. The molecule has 5 heteroatoms. The lowest BCUT2D eigenvalue weighted by atomic mass is 9.84. The predicted octanol–water partition coefficient (Wildman–Crippen LogP) is 1.85. The van der Waals surface area contributed by atoms with Crippen LogP contribution in [0.15, 0.2) is 0 Å². The van der Waals surface area contributed by atoms with Crippen LogP contribution in [0.25, 0.3) is 0 Å². The summed E-state index contributed by atoms with van der Waals surface area (Å²) in [5.74, 6) is -1.27. The number of hydrogen-bond acceptors (Lipinski definition) is 3. The highest BCUT2D eigenvalue weighted by Crippen LogP contribution is 2.27. The maximum absolute atomic E-state index is 12.7. The Morgan fingerprint density at radius 3 is 2.45 bits per heavy atom. The topological polar surface area (TPSA) is 83.6 Å². The monoisotopic (exact) mass is 284 g/mol. The maximum atomic E-state index is 12.7. The van der Waals surface area contributed by atoms with Crippen molar-refractivity contribution in [2.45, 2.75) is 58.9 Å². The zero-order valence-electron chi connectivity index (χ0n) is 12.9. The number of nitrogens with two attached hydrogens (primary N) is 1. The number of carbonyl (C=O) groups excluding carboxylic acids is 1. The van der Waals surface area contributed by atoms with Gasteiger partial charge in [0.1, 0.15) is 6.04 Å². The van der Waals surface area contributed by atoms with Gasteiger partial charge in [0, 0.05) is 13.1 Å². The van der Waals surface area contributed by atoms with E-state index in [4.69, 9.17) is 5.73 Å². The van der Waals surface area contributed by atoms with E-state index in [1.165, 1.54) is 0 Å². The first-order valence-electron chi connectivity index (χ1n) is 7.49. The third-order valence-electron chi connectivity index (χ3n) is 3.81. The Morgan fingerprint density at radius 2 is 1.95 bits per heavy atom. The normalized spacial score (nSPS) is 22.2. The minimum Gasteiger partial charge on any atom is -0.480 e. The van der Waals surface area contributed by atoms with Gasteiger partial charge in [-0.15, -0.1) is 0 Å². The molecular weight excluding hydrogens is 256 g/mol. The van der Waals surface area contributed by atoms with Crippen LogP contribution in [0, 0.1) is 11.3 Å². The molecule has 1 heterocycles. The van der Waals surface area contributed by atoms with Gasteiger partial charge in [0.15, 0.2) is 0 Å². The zero-order chi connectivity index (χ0) is 15.3. The molecule has 0 saturated carbocycles. The summed E-state index contributed by atoms with van der Waals surface area (Å²) in [6, 6.07) is -0.681. The van der Waals surface area contributed by atoms with Crippen LogP contribution < -0.4 is 5.73 Å². The fourth-order valence-corrected chi connectivity index (χ4v) is 2.87. The highest BCUT2D eigenvalue weighted by molar-refractivity contribution is 5.85. The molecule has 1 fully saturated rings. The molecule has 2 atom stereocenters. The predicted molar refractivity (Wildman–Crippen MR) is 78.2 cm³/mol. The average Bonchev–Trinajstić information content (AvgIpc) is 2.59. The molecule has 3 N–H and O–H groups in total. The van der Waals surface area contributed by atoms with Crippen LogP contribution in [-0.2, 0) is 9.59 Å². The number of hydrogen-bond donors (Lipinski definition) is 2. The highest BCUT2D eigenvalue weighted by Gasteiger charge is 2.35. The van der Waals surface area contributed by atoms with Gasteiger partial charge in [0.25, 0.3) is 0 Å². The van der Waals surface area contributed by atoms with Crippen LogP contribution in [0.2, 0.25) is 0 Å². The summed E-state index contributed by atoms with van der Waals surface area (Å²) in [5, 5.41) is 9.34. The van der Waals surface area contributed by atoms with Crippen molar-refractivity contribution in [1.82, 2.24) is 4.90 Å². The van der Waals surface area contributed by atoms with Crippen LogP contribution in [-0.4, -0.2) is 41.0 Å². The summed E-state index contributed by atoms with van der Waals surface area (Å²) in [5.41, 5.74) is 5.76. The standard InChI is InChI=1S/C15H28N2O3/c1-15(2,3)9-11(10-16)13(18)17-8-6-4-5-7-12(17)14(19)20/h11-12H,4-10,16H2,1-3H3,(H,19,20). The SMILES string of the molecule is CC(C)(C)CC(CN)C(=O)N1CCCCCC1C(=O)O. The Bertz CT molecular complexity index is 350. The van der Waals surface area contributed by atoms with E-state index < -0.39 is 12.0 Å². The van der Waals surface area contributed by atoms with E-state index in [1.807, 2.05) is 0 Å². The minimum absolute atomic E-state index is 0.00423. The molecule has 0 aliphatic carbocycles. The van der Waals surface area contributed by atoms with Gasteiger partial charge in [-0.05, 0) is 24.7 Å². The van der Waals surface area contributed by atoms with Crippen molar-refractivity contribution in [2.75, 3.05) is 13.1 Å². The van der Waals surface area contributed by atoms with E-state index in [2.05, 4.69) is 20.8 Å². The zero-order valence-corrected chi connectivity index (χ0v) is 12.9. The lowest BCUT2D eigenvalue weighted by molar-refractivity contribution is -0.152. The molecule has 20 heavy (non-hydrogen) atoms. The molecule has 1 aliphatic rings. The summed E-state index contributed by atoms with van der Waals surface area (Å²) in [7, 11) is 0. The van der Waals surface area contributed by atoms with Crippen LogP contribution in [0.3, 0.4) is 0 Å². The summed E-state index contributed by atoms with van der Waals surface area (Å²) in [6.45, 7) is 7.02. The highest BCUT2D eigenvalue weighted by atomic mass is 16.4. The Morgan fingerprint density at radius 1 is 1.30 bits per heavy atom. The van der Waals surface area contributed by atoms with Crippen LogP contribution in [0.5, 0.6) is 0 Å². The van der Waals surface area contributed by atoms with Crippen LogP contribution in [0.4, 0.5) is 0 Å². The number of aliphatic carboxylic acids is 1. The molecule has 116 valence electrons. The molecule has 0 spiro atoms. The van der Waals surface area contributed by atoms with E-state index in [0.29, 0.717) is 19.4 Å². The molecule has 5 nitrogen and oxygen atoms in total. The summed E-state index contributed by atoms with van der Waals surface area (Å²) < 4.78 is 0. The number of carbonyl (C=O) groups is 2. The average molecular weight is 284 g/mol. The first-order valence-corrected chi connectivity index (χ1v) is 7.49. The Labute approximate surface area is 121 Å². The smallest absolute Gasteiger partial charge is 0.326 e. The van der Waals surface area contributed by atoms with E-state index >= 15 is 0 Å². The third-order valence-corrected chi connectivity index (χ3v) is 3.81. The van der Waals surface area contributed by atoms with Crippen molar-refractivity contribution in [3.8, 4) is 0 Å². The number of carboxylic acid groups (broad SMARTS) is 1. The summed E-state index contributed by atoms with van der Waals surface area (Å²) in [6.07, 6.45) is 3.97. The third kappa shape index (κ3) is 4.78. The minimum atomic E-state index is -0.896. The molecule has 1 amide bonds. The van der Waals surface area contributed by atoms with Gasteiger partial charge in [0.2, 0.25) is 5.91 Å². The van der Waals surface area contributed by atoms with E-state index in [1.54, 1.807) is 4.90 Å². The Hall–Kier alpha value is -1.10. The number of likely N-dealkylation sites (tertiary alicyclic amines) is 1. The van der Waals surface area contributed by atoms with Crippen molar-refractivity contribution < 1.29 is 14.7 Å². The molecule has 0 aromatic carbocycles. The fourth-order valence-electron chi connectivity index (χ4n) is 2.87. The van der Waals surface area contributed by atoms with Crippen LogP contribution >= 0.6 is 0 Å². The molecule has 0 aromatic rings. The maximum Gasteiger partial charge on any atom is 0.326 e. The van der Waals surface area contributed by atoms with E-state index in [-0.39, 0.29) is 23.8 Å². The molecule has 1 aliphatic heterocycles. The van der Waals surface area contributed by atoms with Gasteiger partial charge in [-0.1, -0.05) is 33.6 Å². The van der Waals surface area contributed by atoms with Crippen molar-refractivity contribution >= 4 is 11.9 Å². The van der Waals surface area contributed by atoms with Gasteiger partial charge in [-0.3, -0.25) is 4.79 Å². The molecule has 1 rings (SSSR count). The van der Waals surface area contributed by atoms with Crippen molar-refractivity contribution in [1.29, 1.82) is 0 Å². The molecule has 0 radical (unpaired) electrons. The Balaban J connectivity index is 2.86. The van der Waals surface area contributed by atoms with Crippen molar-refractivity contribution in [2.24, 2.45) is 17.1 Å². The molecule has 1 saturated heterocycles. The van der Waals surface area contributed by atoms with E-state index in [9.17, 15) is 14.7 Å². The molecular formula is C15H28N2O3.